The van der Waals surface area contributed by atoms with E-state index in [-0.39, 0.29) is 17.9 Å². The van der Waals surface area contributed by atoms with Crippen LogP contribution in [0.5, 0.6) is 5.75 Å². The fraction of sp³-hybridized carbons (Fsp3) is 0.133. The fourth-order valence-electron chi connectivity index (χ4n) is 1.66. The Balaban J connectivity index is 2.18. The lowest BCUT2D eigenvalue weighted by Gasteiger charge is -2.09. The van der Waals surface area contributed by atoms with E-state index in [0.29, 0.717) is 11.8 Å². The summed E-state index contributed by atoms with van der Waals surface area (Å²) in [6.07, 6.45) is 0.514. The summed E-state index contributed by atoms with van der Waals surface area (Å²) < 4.78 is 19.3. The van der Waals surface area contributed by atoms with E-state index >= 15 is 0 Å². The molecule has 18 heavy (non-hydrogen) atoms. The van der Waals surface area contributed by atoms with Gasteiger partial charge in [0, 0.05) is 0 Å². The highest BCUT2D eigenvalue weighted by Gasteiger charge is 2.11. The van der Waals surface area contributed by atoms with Gasteiger partial charge in [-0.3, -0.25) is 4.79 Å². The van der Waals surface area contributed by atoms with Gasteiger partial charge in [-0.15, -0.1) is 0 Å². The normalized spacial score (nSPS) is 10.1. The molecule has 0 atom stereocenters. The largest absolute Gasteiger partial charge is 0.486 e. The molecule has 3 heteroatoms. The summed E-state index contributed by atoms with van der Waals surface area (Å²) in [6, 6.07) is 12.7. The highest BCUT2D eigenvalue weighted by atomic mass is 19.1. The lowest BCUT2D eigenvalue weighted by molar-refractivity contribution is 0.111. The molecule has 0 saturated heterocycles. The molecule has 2 nitrogen and oxygen atoms in total. The Labute approximate surface area is 105 Å². The van der Waals surface area contributed by atoms with Crippen LogP contribution in [0.15, 0.2) is 42.5 Å². The molecular formula is C15H13FO2. The summed E-state index contributed by atoms with van der Waals surface area (Å²) >= 11 is 0. The zero-order valence-corrected chi connectivity index (χ0v) is 10.0. The number of ether oxygens (including phenoxy) is 1. The summed E-state index contributed by atoms with van der Waals surface area (Å²) in [4.78, 5) is 10.8. The lowest BCUT2D eigenvalue weighted by Crippen LogP contribution is -2.01. The summed E-state index contributed by atoms with van der Waals surface area (Å²) in [6.45, 7) is 1.97. The van der Waals surface area contributed by atoms with Crippen LogP contribution in [0.25, 0.3) is 0 Å². The first-order valence-electron chi connectivity index (χ1n) is 5.63. The topological polar surface area (TPSA) is 26.3 Å². The van der Waals surface area contributed by atoms with Gasteiger partial charge in [0.1, 0.15) is 6.61 Å². The van der Waals surface area contributed by atoms with E-state index < -0.39 is 5.82 Å². The predicted molar refractivity (Wildman–Crippen MR) is 67.3 cm³/mol. The number of hydrogen-bond acceptors (Lipinski definition) is 2. The first-order chi connectivity index (χ1) is 8.72. The maximum Gasteiger partial charge on any atom is 0.175 e. The number of aldehydes is 1. The number of carbonyl (C=O) groups excluding carboxylic acids is 1. The van der Waals surface area contributed by atoms with E-state index in [2.05, 4.69) is 0 Å². The lowest BCUT2D eigenvalue weighted by atomic mass is 10.1. The highest BCUT2D eigenvalue weighted by Crippen LogP contribution is 2.23. The second-order valence-corrected chi connectivity index (χ2v) is 4.00. The summed E-state index contributed by atoms with van der Waals surface area (Å²) in [5, 5.41) is 0. The van der Waals surface area contributed by atoms with Gasteiger partial charge in [-0.25, -0.2) is 4.39 Å². The van der Waals surface area contributed by atoms with Crippen LogP contribution in [0.3, 0.4) is 0 Å². The third-order valence-electron chi connectivity index (χ3n) is 2.72. The van der Waals surface area contributed by atoms with E-state index in [1.54, 1.807) is 19.1 Å². The van der Waals surface area contributed by atoms with Crippen molar-refractivity contribution in [3.05, 3.63) is 65.0 Å². The highest BCUT2D eigenvalue weighted by molar-refractivity contribution is 5.78. The van der Waals surface area contributed by atoms with E-state index in [9.17, 15) is 9.18 Å². The monoisotopic (exact) mass is 244 g/mol. The van der Waals surface area contributed by atoms with Crippen molar-refractivity contribution in [1.82, 2.24) is 0 Å². The van der Waals surface area contributed by atoms with Crippen LogP contribution in [0.2, 0.25) is 0 Å². The van der Waals surface area contributed by atoms with Crippen molar-refractivity contribution in [2.24, 2.45) is 0 Å². The molecule has 92 valence electrons. The number of hydrogen-bond donors (Lipinski definition) is 0. The van der Waals surface area contributed by atoms with Gasteiger partial charge >= 0.3 is 0 Å². The van der Waals surface area contributed by atoms with Crippen molar-refractivity contribution in [1.29, 1.82) is 0 Å². The molecule has 0 saturated carbocycles. The number of rotatable bonds is 4. The molecule has 0 unspecified atom stereocenters. The van der Waals surface area contributed by atoms with Crippen molar-refractivity contribution in [2.75, 3.05) is 0 Å². The number of carbonyl (C=O) groups is 1. The van der Waals surface area contributed by atoms with E-state index in [4.69, 9.17) is 4.74 Å². The molecule has 2 aromatic carbocycles. The molecule has 0 N–H and O–H groups in total. The molecule has 0 fully saturated rings. The molecule has 0 radical (unpaired) electrons. The van der Waals surface area contributed by atoms with Gasteiger partial charge in [0.05, 0.1) is 5.56 Å². The molecule has 0 aromatic heterocycles. The first-order valence-corrected chi connectivity index (χ1v) is 5.63. The van der Waals surface area contributed by atoms with Crippen LogP contribution >= 0.6 is 0 Å². The van der Waals surface area contributed by atoms with Crippen LogP contribution in [0.4, 0.5) is 4.39 Å². The van der Waals surface area contributed by atoms with Gasteiger partial charge in [0.2, 0.25) is 0 Å². The second-order valence-electron chi connectivity index (χ2n) is 4.00. The van der Waals surface area contributed by atoms with Gasteiger partial charge in [-0.1, -0.05) is 36.4 Å². The minimum absolute atomic E-state index is 0.0561. The zero-order valence-electron chi connectivity index (χ0n) is 10.0. The van der Waals surface area contributed by atoms with Gasteiger partial charge in [-0.05, 0) is 24.1 Å². The average Bonchev–Trinajstić information content (AvgIpc) is 2.40. The standard InChI is InChI=1S/C15H13FO2/c1-11-7-8-14(15(16)13(11)9-17)18-10-12-5-3-2-4-6-12/h2-9H,10H2,1H3. The molecule has 0 heterocycles. The number of benzene rings is 2. The molecule has 0 aliphatic rings. The van der Waals surface area contributed by atoms with Crippen LogP contribution < -0.4 is 4.74 Å². The van der Waals surface area contributed by atoms with Crippen LogP contribution in [-0.2, 0) is 6.61 Å². The molecule has 0 aliphatic carbocycles. The van der Waals surface area contributed by atoms with Gasteiger partial charge in [0.25, 0.3) is 0 Å². The number of halogens is 1. The molecule has 2 rings (SSSR count). The molecule has 2 aromatic rings. The Morgan fingerprint density at radius 2 is 1.89 bits per heavy atom. The molecular weight excluding hydrogens is 231 g/mol. The summed E-state index contributed by atoms with van der Waals surface area (Å²) in [5.74, 6) is -0.493. The zero-order chi connectivity index (χ0) is 13.0. The van der Waals surface area contributed by atoms with Crippen molar-refractivity contribution < 1.29 is 13.9 Å². The van der Waals surface area contributed by atoms with Crippen molar-refractivity contribution in [3.63, 3.8) is 0 Å². The Morgan fingerprint density at radius 1 is 1.17 bits per heavy atom. The van der Waals surface area contributed by atoms with Crippen molar-refractivity contribution in [2.45, 2.75) is 13.5 Å². The van der Waals surface area contributed by atoms with Gasteiger partial charge in [-0.2, -0.15) is 0 Å². The molecule has 0 bridgehead atoms. The van der Waals surface area contributed by atoms with Crippen LogP contribution in [0, 0.1) is 12.7 Å². The molecule has 0 spiro atoms. The molecule has 0 amide bonds. The van der Waals surface area contributed by atoms with Gasteiger partial charge in [0.15, 0.2) is 17.9 Å². The maximum atomic E-state index is 13.9. The summed E-state index contributed by atoms with van der Waals surface area (Å²) in [5.41, 5.74) is 1.61. The quantitative estimate of drug-likeness (QED) is 0.769. The second kappa shape index (κ2) is 5.45. The molecule has 0 aliphatic heterocycles. The third kappa shape index (κ3) is 2.56. The Morgan fingerprint density at radius 3 is 2.56 bits per heavy atom. The fourth-order valence-corrected chi connectivity index (χ4v) is 1.66. The third-order valence-corrected chi connectivity index (χ3v) is 2.72. The van der Waals surface area contributed by atoms with Gasteiger partial charge < -0.3 is 4.74 Å². The van der Waals surface area contributed by atoms with E-state index in [0.717, 1.165) is 5.56 Å². The minimum atomic E-state index is -0.596. The van der Waals surface area contributed by atoms with Crippen molar-refractivity contribution >= 4 is 6.29 Å². The average molecular weight is 244 g/mol. The Kier molecular flexibility index (Phi) is 3.72. The smallest absolute Gasteiger partial charge is 0.175 e. The van der Waals surface area contributed by atoms with E-state index in [1.165, 1.54) is 0 Å². The van der Waals surface area contributed by atoms with Crippen LogP contribution in [0.1, 0.15) is 21.5 Å². The minimum Gasteiger partial charge on any atom is -0.486 e. The first kappa shape index (κ1) is 12.3. The van der Waals surface area contributed by atoms with Crippen LogP contribution in [-0.4, -0.2) is 6.29 Å². The maximum absolute atomic E-state index is 13.9. The Bertz CT molecular complexity index is 550. The van der Waals surface area contributed by atoms with E-state index in [1.807, 2.05) is 30.3 Å². The van der Waals surface area contributed by atoms with Crippen molar-refractivity contribution in [3.8, 4) is 5.75 Å². The summed E-state index contributed by atoms with van der Waals surface area (Å²) in [7, 11) is 0. The Hall–Kier alpha value is -2.16. The number of aryl methyl sites for hydroxylation is 1. The predicted octanol–water partition coefficient (Wildman–Crippen LogP) is 3.53. The SMILES string of the molecule is Cc1ccc(OCc2ccccc2)c(F)c1C=O.